The summed E-state index contributed by atoms with van der Waals surface area (Å²) < 4.78 is 43.9. The molecular weight excluding hydrogens is 467 g/mol. The van der Waals surface area contributed by atoms with Crippen molar-refractivity contribution < 1.29 is 27.4 Å². The third kappa shape index (κ3) is 4.75. The molecule has 2 heterocycles. The minimum atomic E-state index is -3.90. The fourth-order valence-corrected chi connectivity index (χ4v) is 5.53. The summed E-state index contributed by atoms with van der Waals surface area (Å²) in [6.45, 7) is 1.43. The van der Waals surface area contributed by atoms with Gasteiger partial charge in [-0.2, -0.15) is 4.31 Å². The van der Waals surface area contributed by atoms with Gasteiger partial charge in [-0.05, 0) is 24.3 Å². The largest absolute Gasteiger partial charge is 0.486 e. The molecule has 1 amide bonds. The molecule has 0 saturated carbocycles. The summed E-state index contributed by atoms with van der Waals surface area (Å²) >= 11 is 12.4. The van der Waals surface area contributed by atoms with Gasteiger partial charge in [0, 0.05) is 13.1 Å². The van der Waals surface area contributed by atoms with Crippen molar-refractivity contribution in [1.82, 2.24) is 9.62 Å². The standard InChI is InChI=1S/C20H20Cl2N2O6S/c21-15-10-16(22)19(31(26,27)24-5-7-28-8-6-24)9-14(15)20(25)23-11-13-12-29-17-3-1-2-4-18(17)30-13/h1-4,9-10,13H,5-8,11-12H2,(H,23,25)/t13-/m0/s1. The molecule has 11 heteroatoms. The molecule has 2 aliphatic rings. The van der Waals surface area contributed by atoms with E-state index in [-0.39, 0.29) is 46.7 Å². The van der Waals surface area contributed by atoms with Crippen LogP contribution in [0.4, 0.5) is 0 Å². The van der Waals surface area contributed by atoms with Crippen LogP contribution in [0.15, 0.2) is 41.3 Å². The molecule has 0 radical (unpaired) electrons. The first-order valence-electron chi connectivity index (χ1n) is 9.60. The van der Waals surface area contributed by atoms with Crippen molar-refractivity contribution in [2.75, 3.05) is 39.5 Å². The lowest BCUT2D eigenvalue weighted by Gasteiger charge is -2.27. The number of benzene rings is 2. The van der Waals surface area contributed by atoms with Gasteiger partial charge in [0.25, 0.3) is 5.91 Å². The fraction of sp³-hybridized carbons (Fsp3) is 0.350. The molecule has 1 N–H and O–H groups in total. The maximum atomic E-state index is 13.0. The van der Waals surface area contributed by atoms with Gasteiger partial charge in [-0.25, -0.2) is 8.42 Å². The number of para-hydroxylation sites is 2. The van der Waals surface area contributed by atoms with E-state index in [1.54, 1.807) is 12.1 Å². The van der Waals surface area contributed by atoms with E-state index in [1.807, 2.05) is 12.1 Å². The van der Waals surface area contributed by atoms with Gasteiger partial charge in [0.1, 0.15) is 17.6 Å². The highest BCUT2D eigenvalue weighted by atomic mass is 35.5. The molecule has 0 aromatic heterocycles. The molecule has 0 unspecified atom stereocenters. The average Bonchev–Trinajstić information content (AvgIpc) is 2.77. The minimum Gasteiger partial charge on any atom is -0.486 e. The zero-order chi connectivity index (χ0) is 22.0. The Balaban J connectivity index is 1.49. The molecule has 0 bridgehead atoms. The number of hydrogen-bond donors (Lipinski definition) is 1. The summed E-state index contributed by atoms with van der Waals surface area (Å²) in [5, 5.41) is 2.72. The Hall–Kier alpha value is -2.04. The summed E-state index contributed by atoms with van der Waals surface area (Å²) in [6.07, 6.45) is -0.401. The SMILES string of the molecule is O=C(NC[C@H]1COc2ccccc2O1)c1cc(S(=O)(=O)N2CCOCC2)c(Cl)cc1Cl. The van der Waals surface area contributed by atoms with Gasteiger partial charge in [-0.3, -0.25) is 4.79 Å². The van der Waals surface area contributed by atoms with Crippen LogP contribution in [0.5, 0.6) is 11.5 Å². The molecule has 1 saturated heterocycles. The fourth-order valence-electron chi connectivity index (χ4n) is 3.29. The Morgan fingerprint density at radius 1 is 1.10 bits per heavy atom. The van der Waals surface area contributed by atoms with Crippen LogP contribution in [0.25, 0.3) is 0 Å². The number of halogens is 2. The quantitative estimate of drug-likeness (QED) is 0.697. The number of fused-ring (bicyclic) bond motifs is 1. The molecular formula is C20H20Cl2N2O6S. The maximum Gasteiger partial charge on any atom is 0.252 e. The first-order valence-corrected chi connectivity index (χ1v) is 11.8. The molecule has 2 aliphatic heterocycles. The van der Waals surface area contributed by atoms with Crippen LogP contribution in [-0.2, 0) is 14.8 Å². The van der Waals surface area contributed by atoms with Crippen molar-refractivity contribution in [2.24, 2.45) is 0 Å². The molecule has 31 heavy (non-hydrogen) atoms. The smallest absolute Gasteiger partial charge is 0.252 e. The Morgan fingerprint density at radius 3 is 2.55 bits per heavy atom. The van der Waals surface area contributed by atoms with Gasteiger partial charge < -0.3 is 19.5 Å². The number of rotatable bonds is 5. The van der Waals surface area contributed by atoms with E-state index >= 15 is 0 Å². The van der Waals surface area contributed by atoms with E-state index in [0.717, 1.165) is 0 Å². The highest BCUT2D eigenvalue weighted by Gasteiger charge is 2.30. The molecule has 2 aromatic rings. The topological polar surface area (TPSA) is 94.2 Å². The van der Waals surface area contributed by atoms with Crippen molar-refractivity contribution in [2.45, 2.75) is 11.0 Å². The Morgan fingerprint density at radius 2 is 1.81 bits per heavy atom. The second-order valence-corrected chi connectivity index (χ2v) is 9.71. The summed E-state index contributed by atoms with van der Waals surface area (Å²) in [5.74, 6) is 0.697. The molecule has 1 atom stereocenters. The second kappa shape index (κ2) is 9.22. The predicted octanol–water partition coefficient (Wildman–Crippen LogP) is 2.58. The van der Waals surface area contributed by atoms with E-state index < -0.39 is 22.0 Å². The van der Waals surface area contributed by atoms with Gasteiger partial charge in [0.15, 0.2) is 11.5 Å². The third-order valence-corrected chi connectivity index (χ3v) is 7.59. The number of nitrogens with zero attached hydrogens (tertiary/aromatic N) is 1. The molecule has 4 rings (SSSR count). The first-order chi connectivity index (χ1) is 14.9. The van der Waals surface area contributed by atoms with Gasteiger partial charge in [0.05, 0.1) is 35.4 Å². The van der Waals surface area contributed by atoms with Crippen LogP contribution < -0.4 is 14.8 Å². The summed E-state index contributed by atoms with van der Waals surface area (Å²) in [4.78, 5) is 12.6. The van der Waals surface area contributed by atoms with Crippen LogP contribution in [0.2, 0.25) is 10.0 Å². The highest BCUT2D eigenvalue weighted by molar-refractivity contribution is 7.89. The summed E-state index contributed by atoms with van der Waals surface area (Å²) in [7, 11) is -3.90. The van der Waals surface area contributed by atoms with Gasteiger partial charge >= 0.3 is 0 Å². The number of nitrogens with one attached hydrogen (secondary N) is 1. The van der Waals surface area contributed by atoms with Crippen LogP contribution >= 0.6 is 23.2 Å². The van der Waals surface area contributed by atoms with Gasteiger partial charge in [-0.15, -0.1) is 0 Å². The highest BCUT2D eigenvalue weighted by Crippen LogP contribution is 2.32. The van der Waals surface area contributed by atoms with Crippen molar-refractivity contribution in [3.8, 4) is 11.5 Å². The number of carbonyl (C=O) groups excluding carboxylic acids is 1. The van der Waals surface area contributed by atoms with Crippen molar-refractivity contribution in [3.63, 3.8) is 0 Å². The van der Waals surface area contributed by atoms with E-state index in [2.05, 4.69) is 5.32 Å². The zero-order valence-electron chi connectivity index (χ0n) is 16.3. The third-order valence-electron chi connectivity index (χ3n) is 4.91. The first kappa shape index (κ1) is 22.2. The van der Waals surface area contributed by atoms with Crippen molar-refractivity contribution in [1.29, 1.82) is 0 Å². The van der Waals surface area contributed by atoms with Gasteiger partial charge in [0.2, 0.25) is 10.0 Å². The zero-order valence-corrected chi connectivity index (χ0v) is 18.7. The lowest BCUT2D eigenvalue weighted by atomic mass is 10.2. The minimum absolute atomic E-state index is 0.00929. The van der Waals surface area contributed by atoms with Crippen molar-refractivity contribution >= 4 is 39.1 Å². The van der Waals surface area contributed by atoms with Crippen LogP contribution in [-0.4, -0.2) is 64.2 Å². The summed E-state index contributed by atoms with van der Waals surface area (Å²) in [5.41, 5.74) is 0.00929. The van der Waals surface area contributed by atoms with Crippen molar-refractivity contribution in [3.05, 3.63) is 52.0 Å². The Bertz CT molecular complexity index is 1090. The van der Waals surface area contributed by atoms with E-state index in [1.165, 1.54) is 16.4 Å². The van der Waals surface area contributed by atoms with Gasteiger partial charge in [-0.1, -0.05) is 35.3 Å². The van der Waals surface area contributed by atoms with Crippen LogP contribution in [0.1, 0.15) is 10.4 Å². The predicted molar refractivity (Wildman–Crippen MR) is 115 cm³/mol. The van der Waals surface area contributed by atoms with Crippen LogP contribution in [0.3, 0.4) is 0 Å². The molecule has 166 valence electrons. The lowest BCUT2D eigenvalue weighted by molar-refractivity contribution is 0.0730. The second-order valence-electron chi connectivity index (χ2n) is 6.99. The number of amides is 1. The number of carbonyl (C=O) groups is 1. The maximum absolute atomic E-state index is 13.0. The number of ether oxygens (including phenoxy) is 3. The Labute approximate surface area is 190 Å². The molecule has 8 nitrogen and oxygen atoms in total. The van der Waals surface area contributed by atoms with Crippen LogP contribution in [0, 0.1) is 0 Å². The monoisotopic (exact) mass is 486 g/mol. The number of morpholine rings is 1. The van der Waals surface area contributed by atoms with E-state index in [9.17, 15) is 13.2 Å². The Kier molecular flexibility index (Phi) is 6.59. The number of sulfonamides is 1. The van der Waals surface area contributed by atoms with E-state index in [4.69, 9.17) is 37.4 Å². The summed E-state index contributed by atoms with van der Waals surface area (Å²) in [6, 6.07) is 9.72. The normalized spacial score (nSPS) is 19.1. The number of hydrogen-bond acceptors (Lipinski definition) is 6. The lowest BCUT2D eigenvalue weighted by Crippen LogP contribution is -2.41. The average molecular weight is 487 g/mol. The molecule has 0 spiro atoms. The molecule has 0 aliphatic carbocycles. The molecule has 2 aromatic carbocycles. The van der Waals surface area contributed by atoms with E-state index in [0.29, 0.717) is 24.7 Å². The molecule has 1 fully saturated rings.